The lowest BCUT2D eigenvalue weighted by molar-refractivity contribution is -0.136. The fraction of sp³-hybridized carbons (Fsp3) is 0.444. The number of nitrogens with zero attached hydrogens (tertiary/aromatic N) is 4. The van der Waals surface area contributed by atoms with Gasteiger partial charge < -0.3 is 4.90 Å². The number of piperazine rings is 1. The third-order valence-electron chi connectivity index (χ3n) is 4.62. The Labute approximate surface area is 158 Å². The van der Waals surface area contributed by atoms with Gasteiger partial charge in [-0.25, -0.2) is 0 Å². The fourth-order valence-electron chi connectivity index (χ4n) is 3.06. The quantitative estimate of drug-likeness (QED) is 0.815. The van der Waals surface area contributed by atoms with Gasteiger partial charge in [0.15, 0.2) is 0 Å². The Morgan fingerprint density at radius 1 is 1.16 bits per heavy atom. The van der Waals surface area contributed by atoms with Crippen LogP contribution >= 0.6 is 23.2 Å². The average molecular weight is 381 g/mol. The minimum Gasteiger partial charge on any atom is -0.338 e. The van der Waals surface area contributed by atoms with Crippen LogP contribution in [0, 0.1) is 6.92 Å². The molecule has 0 aliphatic carbocycles. The lowest BCUT2D eigenvalue weighted by Gasteiger charge is -2.36. The summed E-state index contributed by atoms with van der Waals surface area (Å²) in [6.45, 7) is 7.53. The first-order valence-electron chi connectivity index (χ1n) is 8.41. The van der Waals surface area contributed by atoms with Crippen molar-refractivity contribution >= 4 is 29.1 Å². The molecule has 2 heterocycles. The number of hydrogen-bond acceptors (Lipinski definition) is 3. The highest BCUT2D eigenvalue weighted by Gasteiger charge is 2.26. The zero-order chi connectivity index (χ0) is 18.0. The molecule has 2 aromatic rings. The van der Waals surface area contributed by atoms with Gasteiger partial charge in [0.1, 0.15) is 6.04 Å². The highest BCUT2D eigenvalue weighted by atomic mass is 35.5. The van der Waals surface area contributed by atoms with E-state index in [1.807, 2.05) is 49.2 Å². The van der Waals surface area contributed by atoms with Crippen LogP contribution in [0.3, 0.4) is 0 Å². The molecule has 1 aliphatic rings. The summed E-state index contributed by atoms with van der Waals surface area (Å²) < 4.78 is 1.73. The minimum absolute atomic E-state index is 0.110. The first kappa shape index (κ1) is 18.2. The molecule has 0 saturated carbocycles. The van der Waals surface area contributed by atoms with Crippen molar-refractivity contribution in [1.82, 2.24) is 19.6 Å². The third kappa shape index (κ3) is 4.17. The minimum atomic E-state index is -0.279. The molecule has 1 saturated heterocycles. The molecule has 1 fully saturated rings. The third-order valence-corrected chi connectivity index (χ3v) is 5.33. The first-order valence-corrected chi connectivity index (χ1v) is 9.17. The molecule has 0 N–H and O–H groups in total. The number of amides is 1. The van der Waals surface area contributed by atoms with Crippen LogP contribution in [0.4, 0.5) is 0 Å². The van der Waals surface area contributed by atoms with Crippen LogP contribution in [-0.2, 0) is 11.3 Å². The Bertz CT molecular complexity index is 733. The van der Waals surface area contributed by atoms with Crippen molar-refractivity contribution < 1.29 is 4.79 Å². The van der Waals surface area contributed by atoms with E-state index < -0.39 is 0 Å². The number of aromatic nitrogens is 2. The van der Waals surface area contributed by atoms with Gasteiger partial charge in [-0.15, -0.1) is 0 Å². The molecule has 0 bridgehead atoms. The zero-order valence-electron chi connectivity index (χ0n) is 14.5. The number of benzene rings is 1. The average Bonchev–Trinajstić information content (AvgIpc) is 3.04. The van der Waals surface area contributed by atoms with Crippen molar-refractivity contribution in [3.63, 3.8) is 0 Å². The maximum atomic E-state index is 12.7. The van der Waals surface area contributed by atoms with E-state index in [0.29, 0.717) is 29.7 Å². The Morgan fingerprint density at radius 2 is 1.80 bits per heavy atom. The molecule has 7 heteroatoms. The van der Waals surface area contributed by atoms with Crippen LogP contribution in [0.1, 0.15) is 24.2 Å². The van der Waals surface area contributed by atoms with Gasteiger partial charge >= 0.3 is 0 Å². The number of carbonyl (C=O) groups excluding carboxylic acids is 1. The summed E-state index contributed by atoms with van der Waals surface area (Å²) in [6.07, 6.45) is 1.85. The topological polar surface area (TPSA) is 41.4 Å². The summed E-state index contributed by atoms with van der Waals surface area (Å²) in [5.74, 6) is 0.110. The van der Waals surface area contributed by atoms with E-state index in [1.54, 1.807) is 4.68 Å². The number of carbonyl (C=O) groups is 1. The van der Waals surface area contributed by atoms with E-state index in [9.17, 15) is 4.79 Å². The first-order chi connectivity index (χ1) is 12.0. The lowest BCUT2D eigenvalue weighted by atomic mass is 10.2. The van der Waals surface area contributed by atoms with E-state index in [-0.39, 0.29) is 11.9 Å². The molecular weight excluding hydrogens is 359 g/mol. The molecule has 1 unspecified atom stereocenters. The zero-order valence-corrected chi connectivity index (χ0v) is 16.0. The van der Waals surface area contributed by atoms with Gasteiger partial charge in [-0.2, -0.15) is 5.10 Å². The van der Waals surface area contributed by atoms with Crippen LogP contribution in [-0.4, -0.2) is 51.7 Å². The molecule has 3 rings (SSSR count). The van der Waals surface area contributed by atoms with E-state index in [2.05, 4.69) is 10.00 Å². The van der Waals surface area contributed by atoms with Crippen LogP contribution < -0.4 is 0 Å². The van der Waals surface area contributed by atoms with Gasteiger partial charge in [-0.05, 0) is 32.0 Å². The summed E-state index contributed by atoms with van der Waals surface area (Å²) in [5, 5.41) is 5.72. The molecule has 5 nitrogen and oxygen atoms in total. The molecule has 1 aromatic heterocycles. The number of rotatable bonds is 4. The number of hydrogen-bond donors (Lipinski definition) is 0. The summed E-state index contributed by atoms with van der Waals surface area (Å²) >= 11 is 12.5. The Kier molecular flexibility index (Phi) is 5.67. The molecule has 0 spiro atoms. The summed E-state index contributed by atoms with van der Waals surface area (Å²) in [7, 11) is 0. The van der Waals surface area contributed by atoms with Crippen molar-refractivity contribution in [2.75, 3.05) is 26.2 Å². The Balaban J connectivity index is 1.57. The Morgan fingerprint density at radius 3 is 2.36 bits per heavy atom. The molecule has 25 heavy (non-hydrogen) atoms. The van der Waals surface area contributed by atoms with Crippen molar-refractivity contribution in [3.8, 4) is 0 Å². The molecule has 134 valence electrons. The lowest BCUT2D eigenvalue weighted by Crippen LogP contribution is -2.50. The van der Waals surface area contributed by atoms with Crippen LogP contribution in [0.5, 0.6) is 0 Å². The molecule has 1 atom stereocenters. The van der Waals surface area contributed by atoms with Crippen molar-refractivity contribution in [1.29, 1.82) is 0 Å². The van der Waals surface area contributed by atoms with Gasteiger partial charge in [-0.3, -0.25) is 14.4 Å². The van der Waals surface area contributed by atoms with Crippen molar-refractivity contribution in [3.05, 3.63) is 51.8 Å². The smallest absolute Gasteiger partial charge is 0.247 e. The molecule has 1 amide bonds. The maximum Gasteiger partial charge on any atom is 0.247 e. The van der Waals surface area contributed by atoms with Gasteiger partial charge in [0.2, 0.25) is 5.91 Å². The molecular formula is C18H22Cl2N4O. The van der Waals surface area contributed by atoms with Crippen LogP contribution in [0.2, 0.25) is 10.0 Å². The fourth-order valence-corrected chi connectivity index (χ4v) is 3.58. The van der Waals surface area contributed by atoms with E-state index >= 15 is 0 Å². The van der Waals surface area contributed by atoms with Gasteiger partial charge in [0, 0.05) is 54.5 Å². The standard InChI is InChI=1S/C18H22Cl2N4O/c1-13-6-7-24(21-13)14(2)18(25)23-10-8-22(9-11-23)12-15-16(19)4-3-5-17(15)20/h3-7,14H,8-12H2,1-2H3. The SMILES string of the molecule is Cc1ccn(C(C)C(=O)N2CCN(Cc3c(Cl)cccc3Cl)CC2)n1. The summed E-state index contributed by atoms with van der Waals surface area (Å²) in [5.41, 5.74) is 1.87. The van der Waals surface area contributed by atoms with Gasteiger partial charge in [-0.1, -0.05) is 29.3 Å². The van der Waals surface area contributed by atoms with Gasteiger partial charge in [0.05, 0.1) is 5.69 Å². The Hall–Kier alpha value is -1.56. The van der Waals surface area contributed by atoms with E-state index in [1.165, 1.54) is 0 Å². The summed E-state index contributed by atoms with van der Waals surface area (Å²) in [4.78, 5) is 16.9. The van der Waals surface area contributed by atoms with E-state index in [4.69, 9.17) is 23.2 Å². The number of aryl methyl sites for hydroxylation is 1. The predicted octanol–water partition coefficient (Wildman–Crippen LogP) is 3.40. The monoisotopic (exact) mass is 380 g/mol. The second kappa shape index (κ2) is 7.77. The summed E-state index contributed by atoms with van der Waals surface area (Å²) in [6, 6.07) is 7.20. The normalized spacial score (nSPS) is 16.9. The van der Waals surface area contributed by atoms with Crippen molar-refractivity contribution in [2.24, 2.45) is 0 Å². The number of halogens is 2. The largest absolute Gasteiger partial charge is 0.338 e. The van der Waals surface area contributed by atoms with Crippen LogP contribution in [0.25, 0.3) is 0 Å². The second-order valence-corrected chi connectivity index (χ2v) is 7.23. The molecule has 0 radical (unpaired) electrons. The highest BCUT2D eigenvalue weighted by Crippen LogP contribution is 2.26. The predicted molar refractivity (Wildman–Crippen MR) is 100.0 cm³/mol. The van der Waals surface area contributed by atoms with Gasteiger partial charge in [0.25, 0.3) is 0 Å². The van der Waals surface area contributed by atoms with E-state index in [0.717, 1.165) is 24.3 Å². The molecule has 1 aliphatic heterocycles. The van der Waals surface area contributed by atoms with Crippen LogP contribution in [0.15, 0.2) is 30.5 Å². The second-order valence-electron chi connectivity index (χ2n) is 6.41. The maximum absolute atomic E-state index is 12.7. The van der Waals surface area contributed by atoms with Crippen molar-refractivity contribution in [2.45, 2.75) is 26.4 Å². The molecule has 1 aromatic carbocycles. The highest BCUT2D eigenvalue weighted by molar-refractivity contribution is 6.35.